The standard InChI is InChI=1S/C17H25NO3S/c1-16(20)7-10-21-17(13-16)5-8-18(9-6-17)15(19)3-2-14-4-11-22-12-14/h4,11-12,20H,2-3,5-10,13H2,1H3. The lowest BCUT2D eigenvalue weighted by atomic mass is 9.78. The average molecular weight is 323 g/mol. The number of amides is 1. The Kier molecular flexibility index (Phi) is 4.57. The minimum Gasteiger partial charge on any atom is -0.390 e. The van der Waals surface area contributed by atoms with E-state index < -0.39 is 5.60 Å². The highest BCUT2D eigenvalue weighted by atomic mass is 32.1. The van der Waals surface area contributed by atoms with E-state index in [-0.39, 0.29) is 11.5 Å². The normalized spacial score (nSPS) is 28.0. The molecule has 3 rings (SSSR count). The first-order chi connectivity index (χ1) is 10.5. The fourth-order valence-corrected chi connectivity index (χ4v) is 4.35. The van der Waals surface area contributed by atoms with E-state index in [9.17, 15) is 9.90 Å². The van der Waals surface area contributed by atoms with Gasteiger partial charge in [0.15, 0.2) is 0 Å². The van der Waals surface area contributed by atoms with Gasteiger partial charge in [-0.15, -0.1) is 0 Å². The molecule has 122 valence electrons. The minimum atomic E-state index is -0.622. The van der Waals surface area contributed by atoms with Gasteiger partial charge in [0.1, 0.15) is 0 Å². The van der Waals surface area contributed by atoms with Gasteiger partial charge in [-0.2, -0.15) is 11.3 Å². The van der Waals surface area contributed by atoms with Gasteiger partial charge >= 0.3 is 0 Å². The molecular formula is C17H25NO3S. The summed E-state index contributed by atoms with van der Waals surface area (Å²) < 4.78 is 5.99. The van der Waals surface area contributed by atoms with E-state index in [0.717, 1.165) is 32.4 Å². The van der Waals surface area contributed by atoms with Gasteiger partial charge in [0.05, 0.1) is 17.8 Å². The number of aryl methyl sites for hydroxylation is 1. The van der Waals surface area contributed by atoms with Crippen LogP contribution < -0.4 is 0 Å². The van der Waals surface area contributed by atoms with E-state index in [1.807, 2.05) is 11.8 Å². The zero-order valence-electron chi connectivity index (χ0n) is 13.2. The Balaban J connectivity index is 1.49. The van der Waals surface area contributed by atoms with Gasteiger partial charge in [0.2, 0.25) is 5.91 Å². The minimum absolute atomic E-state index is 0.216. The van der Waals surface area contributed by atoms with Crippen molar-refractivity contribution < 1.29 is 14.6 Å². The summed E-state index contributed by atoms with van der Waals surface area (Å²) in [4.78, 5) is 14.3. The Morgan fingerprint density at radius 3 is 2.82 bits per heavy atom. The Labute approximate surface area is 136 Å². The third kappa shape index (κ3) is 3.70. The van der Waals surface area contributed by atoms with Crippen molar-refractivity contribution in [3.05, 3.63) is 22.4 Å². The Bertz CT molecular complexity index is 504. The largest absolute Gasteiger partial charge is 0.390 e. The fourth-order valence-electron chi connectivity index (χ4n) is 3.65. The fraction of sp³-hybridized carbons (Fsp3) is 0.706. The average Bonchev–Trinajstić information content (AvgIpc) is 2.97. The smallest absolute Gasteiger partial charge is 0.222 e. The molecule has 1 unspecified atom stereocenters. The van der Waals surface area contributed by atoms with Crippen molar-refractivity contribution in [3.63, 3.8) is 0 Å². The lowest BCUT2D eigenvalue weighted by molar-refractivity contribution is -0.175. The van der Waals surface area contributed by atoms with Crippen LogP contribution in [-0.2, 0) is 16.0 Å². The van der Waals surface area contributed by atoms with Crippen LogP contribution in [0.3, 0.4) is 0 Å². The lowest BCUT2D eigenvalue weighted by Gasteiger charge is -2.48. The van der Waals surface area contributed by atoms with E-state index in [1.165, 1.54) is 5.56 Å². The highest BCUT2D eigenvalue weighted by molar-refractivity contribution is 7.07. The van der Waals surface area contributed by atoms with Crippen LogP contribution in [0.15, 0.2) is 16.8 Å². The van der Waals surface area contributed by atoms with E-state index in [4.69, 9.17) is 4.74 Å². The van der Waals surface area contributed by atoms with Gasteiger partial charge in [-0.1, -0.05) is 0 Å². The van der Waals surface area contributed by atoms with Crippen molar-refractivity contribution in [2.45, 2.75) is 56.7 Å². The zero-order chi connectivity index (χ0) is 15.6. The first kappa shape index (κ1) is 16.0. The van der Waals surface area contributed by atoms with Crippen molar-refractivity contribution in [1.82, 2.24) is 4.90 Å². The third-order valence-electron chi connectivity index (χ3n) is 4.99. The van der Waals surface area contributed by atoms with Crippen LogP contribution in [0, 0.1) is 0 Å². The monoisotopic (exact) mass is 323 g/mol. The molecule has 1 aromatic heterocycles. The molecule has 1 spiro atoms. The van der Waals surface area contributed by atoms with Gasteiger partial charge in [-0.3, -0.25) is 4.79 Å². The molecule has 0 aliphatic carbocycles. The number of carbonyl (C=O) groups is 1. The van der Waals surface area contributed by atoms with Crippen LogP contribution in [0.2, 0.25) is 0 Å². The zero-order valence-corrected chi connectivity index (χ0v) is 14.0. The molecule has 3 heterocycles. The maximum atomic E-state index is 12.3. The number of hydrogen-bond acceptors (Lipinski definition) is 4. The quantitative estimate of drug-likeness (QED) is 0.930. The van der Waals surface area contributed by atoms with E-state index in [0.29, 0.717) is 25.9 Å². The molecule has 1 amide bonds. The first-order valence-corrected chi connectivity index (χ1v) is 9.08. The summed E-state index contributed by atoms with van der Waals surface area (Å²) in [5, 5.41) is 14.5. The number of likely N-dealkylation sites (tertiary alicyclic amines) is 1. The number of piperidine rings is 1. The molecule has 2 aliphatic heterocycles. The lowest BCUT2D eigenvalue weighted by Crippen LogP contribution is -2.54. The van der Waals surface area contributed by atoms with Crippen LogP contribution in [0.1, 0.15) is 44.6 Å². The van der Waals surface area contributed by atoms with Gasteiger partial charge in [0.25, 0.3) is 0 Å². The molecule has 0 aromatic carbocycles. The number of thiophene rings is 1. The van der Waals surface area contributed by atoms with Gasteiger partial charge in [-0.25, -0.2) is 0 Å². The second kappa shape index (κ2) is 6.30. The number of aliphatic hydroxyl groups is 1. The highest BCUT2D eigenvalue weighted by Gasteiger charge is 2.44. The van der Waals surface area contributed by atoms with Crippen LogP contribution >= 0.6 is 11.3 Å². The molecule has 22 heavy (non-hydrogen) atoms. The number of rotatable bonds is 3. The van der Waals surface area contributed by atoms with E-state index >= 15 is 0 Å². The summed E-state index contributed by atoms with van der Waals surface area (Å²) in [6.07, 6.45) is 4.49. The molecule has 0 bridgehead atoms. The van der Waals surface area contributed by atoms with Crippen LogP contribution in [-0.4, -0.2) is 46.8 Å². The van der Waals surface area contributed by atoms with Crippen molar-refractivity contribution >= 4 is 17.2 Å². The molecule has 2 saturated heterocycles. The molecular weight excluding hydrogens is 298 g/mol. The highest BCUT2D eigenvalue weighted by Crippen LogP contribution is 2.39. The number of hydrogen-bond donors (Lipinski definition) is 1. The number of nitrogens with zero attached hydrogens (tertiary/aromatic N) is 1. The maximum Gasteiger partial charge on any atom is 0.222 e. The second-order valence-corrected chi connectivity index (χ2v) is 7.75. The number of ether oxygens (including phenoxy) is 1. The molecule has 2 aliphatic rings. The van der Waals surface area contributed by atoms with Gasteiger partial charge in [0, 0.05) is 25.9 Å². The molecule has 1 aromatic rings. The van der Waals surface area contributed by atoms with Crippen molar-refractivity contribution in [2.75, 3.05) is 19.7 Å². The van der Waals surface area contributed by atoms with Crippen LogP contribution in [0.25, 0.3) is 0 Å². The van der Waals surface area contributed by atoms with E-state index in [1.54, 1.807) is 11.3 Å². The Morgan fingerprint density at radius 2 is 2.18 bits per heavy atom. The molecule has 2 fully saturated rings. The summed E-state index contributed by atoms with van der Waals surface area (Å²) in [6, 6.07) is 2.08. The molecule has 0 saturated carbocycles. The summed E-state index contributed by atoms with van der Waals surface area (Å²) in [5.74, 6) is 0.239. The second-order valence-electron chi connectivity index (χ2n) is 6.97. The predicted molar refractivity (Wildman–Crippen MR) is 87.0 cm³/mol. The Morgan fingerprint density at radius 1 is 1.41 bits per heavy atom. The molecule has 0 radical (unpaired) electrons. The van der Waals surface area contributed by atoms with Crippen molar-refractivity contribution in [1.29, 1.82) is 0 Å². The van der Waals surface area contributed by atoms with Gasteiger partial charge < -0.3 is 14.7 Å². The van der Waals surface area contributed by atoms with Gasteiger partial charge in [-0.05, 0) is 55.0 Å². The SMILES string of the molecule is CC1(O)CCOC2(CCN(C(=O)CCc3ccsc3)CC2)C1. The summed E-state index contributed by atoms with van der Waals surface area (Å²) >= 11 is 1.68. The topological polar surface area (TPSA) is 49.8 Å². The summed E-state index contributed by atoms with van der Waals surface area (Å²) in [7, 11) is 0. The molecule has 4 nitrogen and oxygen atoms in total. The molecule has 1 N–H and O–H groups in total. The van der Waals surface area contributed by atoms with Crippen molar-refractivity contribution in [3.8, 4) is 0 Å². The van der Waals surface area contributed by atoms with Crippen LogP contribution in [0.4, 0.5) is 0 Å². The number of carbonyl (C=O) groups excluding carboxylic acids is 1. The molecule has 1 atom stereocenters. The molecule has 5 heteroatoms. The van der Waals surface area contributed by atoms with Crippen LogP contribution in [0.5, 0.6) is 0 Å². The summed E-state index contributed by atoms with van der Waals surface area (Å²) in [5.41, 5.74) is 0.411. The van der Waals surface area contributed by atoms with E-state index in [2.05, 4.69) is 16.8 Å². The maximum absolute atomic E-state index is 12.3. The first-order valence-electron chi connectivity index (χ1n) is 8.13. The summed E-state index contributed by atoms with van der Waals surface area (Å²) in [6.45, 7) is 4.02. The predicted octanol–water partition coefficient (Wildman–Crippen LogP) is 2.60. The Hall–Kier alpha value is -0.910. The third-order valence-corrected chi connectivity index (χ3v) is 5.72. The van der Waals surface area contributed by atoms with Crippen molar-refractivity contribution in [2.24, 2.45) is 0 Å².